The van der Waals surface area contributed by atoms with Gasteiger partial charge in [-0.25, -0.2) is 0 Å². The highest BCUT2D eigenvalue weighted by Gasteiger charge is 2.35. The summed E-state index contributed by atoms with van der Waals surface area (Å²) in [7, 11) is 1.63. The average Bonchev–Trinajstić information content (AvgIpc) is 2.97. The molecule has 0 N–H and O–H groups in total. The first-order chi connectivity index (χ1) is 13.6. The second-order valence-corrected chi connectivity index (χ2v) is 7.66. The number of hydrogen-bond acceptors (Lipinski definition) is 4. The van der Waals surface area contributed by atoms with Gasteiger partial charge in [-0.15, -0.1) is 0 Å². The molecule has 1 heterocycles. The number of halogens is 1. The van der Waals surface area contributed by atoms with Crippen LogP contribution in [0.15, 0.2) is 65.6 Å². The van der Waals surface area contributed by atoms with E-state index in [1.165, 1.54) is 4.90 Å². The summed E-state index contributed by atoms with van der Waals surface area (Å²) in [5.41, 5.74) is 1.60. The summed E-state index contributed by atoms with van der Waals surface area (Å²) in [6.07, 6.45) is 1.76. The molecule has 4 rings (SSSR count). The highest BCUT2D eigenvalue weighted by molar-refractivity contribution is 8.18. The Morgan fingerprint density at radius 3 is 2.46 bits per heavy atom. The zero-order valence-electron chi connectivity index (χ0n) is 15.0. The van der Waals surface area contributed by atoms with Crippen LogP contribution in [0.5, 0.6) is 5.75 Å². The smallest absolute Gasteiger partial charge is 0.293 e. The van der Waals surface area contributed by atoms with Crippen LogP contribution in [0.2, 0.25) is 5.02 Å². The fraction of sp³-hybridized carbons (Fsp3) is 0.0909. The quantitative estimate of drug-likeness (QED) is 0.515. The Labute approximate surface area is 171 Å². The number of rotatable bonds is 4. The van der Waals surface area contributed by atoms with Crippen LogP contribution < -0.4 is 4.74 Å². The number of thioether (sulfide) groups is 1. The van der Waals surface area contributed by atoms with Crippen molar-refractivity contribution in [3.8, 4) is 5.75 Å². The van der Waals surface area contributed by atoms with Gasteiger partial charge in [0.15, 0.2) is 0 Å². The third-order valence-corrected chi connectivity index (χ3v) is 5.86. The molecule has 6 heteroatoms. The van der Waals surface area contributed by atoms with Crippen LogP contribution in [-0.4, -0.2) is 23.2 Å². The number of nitrogens with zero attached hydrogens (tertiary/aromatic N) is 1. The highest BCUT2D eigenvalue weighted by Crippen LogP contribution is 2.36. The zero-order valence-corrected chi connectivity index (χ0v) is 16.6. The van der Waals surface area contributed by atoms with Crippen molar-refractivity contribution in [2.75, 3.05) is 7.11 Å². The van der Waals surface area contributed by atoms with E-state index in [-0.39, 0.29) is 17.7 Å². The van der Waals surface area contributed by atoms with Crippen LogP contribution in [0.25, 0.3) is 16.8 Å². The minimum atomic E-state index is -0.310. The second-order valence-electron chi connectivity index (χ2n) is 6.26. The van der Waals surface area contributed by atoms with Crippen LogP contribution in [0.4, 0.5) is 4.79 Å². The maximum atomic E-state index is 12.8. The molecular formula is C22H16ClNO3S. The van der Waals surface area contributed by atoms with Gasteiger partial charge in [0.1, 0.15) is 5.75 Å². The number of ether oxygens (including phenoxy) is 1. The predicted molar refractivity (Wildman–Crippen MR) is 113 cm³/mol. The van der Waals surface area contributed by atoms with Crippen molar-refractivity contribution in [3.05, 3.63) is 81.7 Å². The van der Waals surface area contributed by atoms with E-state index in [1.807, 2.05) is 54.6 Å². The van der Waals surface area contributed by atoms with Crippen molar-refractivity contribution >= 4 is 51.4 Å². The number of methoxy groups -OCH3 is 1. The van der Waals surface area contributed by atoms with Gasteiger partial charge < -0.3 is 4.74 Å². The lowest BCUT2D eigenvalue weighted by Crippen LogP contribution is -2.27. The van der Waals surface area contributed by atoms with Crippen LogP contribution >= 0.6 is 23.4 Å². The molecule has 0 saturated carbocycles. The lowest BCUT2D eigenvalue weighted by Gasteiger charge is -2.13. The monoisotopic (exact) mass is 409 g/mol. The van der Waals surface area contributed by atoms with E-state index in [9.17, 15) is 9.59 Å². The van der Waals surface area contributed by atoms with Crippen molar-refractivity contribution in [1.29, 1.82) is 0 Å². The Morgan fingerprint density at radius 1 is 1.00 bits per heavy atom. The molecule has 3 aromatic carbocycles. The molecule has 1 saturated heterocycles. The molecule has 0 bridgehead atoms. The number of hydrogen-bond donors (Lipinski definition) is 0. The van der Waals surface area contributed by atoms with Crippen LogP contribution in [0.1, 0.15) is 11.1 Å². The predicted octanol–water partition coefficient (Wildman–Crippen LogP) is 5.74. The molecule has 0 aliphatic carbocycles. The molecule has 1 fully saturated rings. The standard InChI is InChI=1S/C22H16ClNO3S/c1-27-19-11-10-14(16-7-3-4-8-17(16)19)12-20-21(25)24(22(26)28-20)13-15-6-2-5-9-18(15)23/h2-12H,13H2,1H3/b20-12-. The second kappa shape index (κ2) is 7.70. The third kappa shape index (κ3) is 3.39. The maximum Gasteiger partial charge on any atom is 0.293 e. The molecular weight excluding hydrogens is 394 g/mol. The first kappa shape index (κ1) is 18.6. The van der Waals surface area contributed by atoms with Crippen molar-refractivity contribution in [2.45, 2.75) is 6.54 Å². The Morgan fingerprint density at radius 2 is 1.71 bits per heavy atom. The lowest BCUT2D eigenvalue weighted by atomic mass is 10.0. The van der Waals surface area contributed by atoms with Crippen molar-refractivity contribution in [3.63, 3.8) is 0 Å². The number of carbonyl (C=O) groups excluding carboxylic acids is 2. The third-order valence-electron chi connectivity index (χ3n) is 4.58. The van der Waals surface area contributed by atoms with E-state index >= 15 is 0 Å². The lowest BCUT2D eigenvalue weighted by molar-refractivity contribution is -0.123. The van der Waals surface area contributed by atoms with Gasteiger partial charge in [-0.2, -0.15) is 0 Å². The number of imide groups is 1. The summed E-state index contributed by atoms with van der Waals surface area (Å²) in [6, 6.07) is 18.8. The first-order valence-corrected chi connectivity index (χ1v) is 9.82. The Balaban J connectivity index is 1.68. The summed E-state index contributed by atoms with van der Waals surface area (Å²) in [4.78, 5) is 26.9. The van der Waals surface area contributed by atoms with Crippen molar-refractivity contribution < 1.29 is 14.3 Å². The Kier molecular flexibility index (Phi) is 5.11. The molecule has 28 heavy (non-hydrogen) atoms. The number of benzene rings is 3. The molecule has 3 aromatic rings. The minimum absolute atomic E-state index is 0.158. The Bertz CT molecular complexity index is 1130. The van der Waals surface area contributed by atoms with Gasteiger partial charge in [0.2, 0.25) is 0 Å². The topological polar surface area (TPSA) is 46.6 Å². The fourth-order valence-corrected chi connectivity index (χ4v) is 4.20. The molecule has 0 unspecified atom stereocenters. The zero-order chi connectivity index (χ0) is 19.7. The summed E-state index contributed by atoms with van der Waals surface area (Å²) in [5.74, 6) is 0.453. The summed E-state index contributed by atoms with van der Waals surface area (Å²) < 4.78 is 5.42. The molecule has 0 radical (unpaired) electrons. The van der Waals surface area contributed by atoms with Gasteiger partial charge in [0.25, 0.3) is 11.1 Å². The number of carbonyl (C=O) groups is 2. The van der Waals surface area contributed by atoms with E-state index in [4.69, 9.17) is 16.3 Å². The largest absolute Gasteiger partial charge is 0.496 e. The molecule has 0 spiro atoms. The van der Waals surface area contributed by atoms with Gasteiger partial charge in [0.05, 0.1) is 18.6 Å². The van der Waals surface area contributed by atoms with Crippen molar-refractivity contribution in [2.24, 2.45) is 0 Å². The van der Waals surface area contributed by atoms with Gasteiger partial charge in [-0.05, 0) is 46.5 Å². The highest BCUT2D eigenvalue weighted by atomic mass is 35.5. The minimum Gasteiger partial charge on any atom is -0.496 e. The molecule has 4 nitrogen and oxygen atoms in total. The summed E-state index contributed by atoms with van der Waals surface area (Å²) in [6.45, 7) is 0.158. The summed E-state index contributed by atoms with van der Waals surface area (Å²) in [5, 5.41) is 2.15. The van der Waals surface area contributed by atoms with Crippen molar-refractivity contribution in [1.82, 2.24) is 4.90 Å². The van der Waals surface area contributed by atoms with E-state index < -0.39 is 0 Å². The van der Waals surface area contributed by atoms with E-state index in [0.29, 0.717) is 9.93 Å². The molecule has 140 valence electrons. The SMILES string of the molecule is COc1ccc(/C=C2\SC(=O)N(Cc3ccccc3Cl)C2=O)c2ccccc12. The summed E-state index contributed by atoms with van der Waals surface area (Å²) >= 11 is 7.12. The molecule has 0 atom stereocenters. The van der Waals surface area contributed by atoms with E-state index in [0.717, 1.165) is 39.4 Å². The van der Waals surface area contributed by atoms with Crippen LogP contribution in [-0.2, 0) is 11.3 Å². The Hall–Kier alpha value is -2.76. The van der Waals surface area contributed by atoms with Gasteiger partial charge in [-0.1, -0.05) is 60.1 Å². The average molecular weight is 410 g/mol. The molecule has 2 amide bonds. The molecule has 1 aliphatic heterocycles. The van der Waals surface area contributed by atoms with Gasteiger partial charge in [-0.3, -0.25) is 14.5 Å². The normalized spacial score (nSPS) is 15.6. The maximum absolute atomic E-state index is 12.8. The number of fused-ring (bicyclic) bond motifs is 1. The van der Waals surface area contributed by atoms with E-state index in [2.05, 4.69) is 0 Å². The van der Waals surface area contributed by atoms with E-state index in [1.54, 1.807) is 19.3 Å². The number of amides is 2. The first-order valence-electron chi connectivity index (χ1n) is 8.63. The van der Waals surface area contributed by atoms with Crippen LogP contribution in [0, 0.1) is 0 Å². The van der Waals surface area contributed by atoms with Gasteiger partial charge >= 0.3 is 0 Å². The fourth-order valence-electron chi connectivity index (χ4n) is 3.17. The van der Waals surface area contributed by atoms with Crippen LogP contribution in [0.3, 0.4) is 0 Å². The van der Waals surface area contributed by atoms with Gasteiger partial charge in [0, 0.05) is 10.4 Å². The molecule has 1 aliphatic rings. The molecule has 0 aromatic heterocycles.